The van der Waals surface area contributed by atoms with Crippen molar-refractivity contribution in [1.82, 2.24) is 14.9 Å². The van der Waals surface area contributed by atoms with Gasteiger partial charge in [-0.2, -0.15) is 13.2 Å². The molecular weight excluding hydrogens is 293 g/mol. The number of likely N-dealkylation sites (tertiary alicyclic amines) is 1. The number of alkyl halides is 3. The van der Waals surface area contributed by atoms with Crippen molar-refractivity contribution in [2.24, 2.45) is 0 Å². The topological polar surface area (TPSA) is 41.1 Å². The Morgan fingerprint density at radius 1 is 1.35 bits per heavy atom. The fourth-order valence-electron chi connectivity index (χ4n) is 2.22. The second-order valence-electron chi connectivity index (χ2n) is 4.88. The summed E-state index contributed by atoms with van der Waals surface area (Å²) in [7, 11) is 0. The average Bonchev–Trinajstić information content (AvgIpc) is 2.88. The molecule has 0 saturated carbocycles. The quantitative estimate of drug-likeness (QED) is 0.868. The van der Waals surface area contributed by atoms with E-state index in [2.05, 4.69) is 20.2 Å². The van der Waals surface area contributed by atoms with Crippen LogP contribution in [-0.2, 0) is 6.18 Å². The van der Waals surface area contributed by atoms with Crippen LogP contribution in [0.25, 0.3) is 0 Å². The molecule has 112 valence electrons. The average molecular weight is 309 g/mol. The van der Waals surface area contributed by atoms with Crippen molar-refractivity contribution in [1.29, 1.82) is 0 Å². The highest BCUT2D eigenvalue weighted by Crippen LogP contribution is 2.29. The first-order valence-electron chi connectivity index (χ1n) is 6.46. The Bertz CT molecular complexity index is 461. The number of nitrogens with zero attached hydrogens (tertiary/aromatic N) is 3. The maximum atomic E-state index is 12.6. The molecule has 4 nitrogen and oxygen atoms in total. The number of hydrogen-bond acceptors (Lipinski definition) is 4. The second-order valence-corrected chi connectivity index (χ2v) is 5.22. The van der Waals surface area contributed by atoms with Crippen molar-refractivity contribution in [3.63, 3.8) is 0 Å². The molecule has 0 aliphatic carbocycles. The highest BCUT2D eigenvalue weighted by molar-refractivity contribution is 6.28. The number of halogens is 4. The summed E-state index contributed by atoms with van der Waals surface area (Å²) in [5.74, 6) is 0.100. The summed E-state index contributed by atoms with van der Waals surface area (Å²) in [6, 6.07) is 1.11. The van der Waals surface area contributed by atoms with E-state index < -0.39 is 17.2 Å². The number of rotatable bonds is 4. The maximum Gasteiger partial charge on any atom is 0.433 e. The largest absolute Gasteiger partial charge is 0.433 e. The van der Waals surface area contributed by atoms with Gasteiger partial charge in [0.25, 0.3) is 0 Å². The number of aromatic nitrogens is 2. The maximum absolute atomic E-state index is 12.6. The Labute approximate surface area is 120 Å². The van der Waals surface area contributed by atoms with E-state index in [0.29, 0.717) is 6.54 Å². The van der Waals surface area contributed by atoms with E-state index in [1.54, 1.807) is 0 Å². The molecule has 1 fully saturated rings. The minimum absolute atomic E-state index is 0.100. The zero-order valence-electron chi connectivity index (χ0n) is 11.0. The molecule has 1 saturated heterocycles. The highest BCUT2D eigenvalue weighted by Gasteiger charge is 2.33. The van der Waals surface area contributed by atoms with Gasteiger partial charge in [-0.25, -0.2) is 9.97 Å². The normalized spacial score (nSPS) is 18.2. The standard InChI is InChI=1S/C12H16ClF3N4/c1-8(20-4-2-3-5-20)7-17-10-6-9(12(14,15)16)18-11(13)19-10/h6,8H,2-5,7H2,1H3,(H,17,18,19). The van der Waals surface area contributed by atoms with Crippen LogP contribution in [0.2, 0.25) is 5.28 Å². The molecule has 1 N–H and O–H groups in total. The molecule has 1 aromatic rings. The van der Waals surface area contributed by atoms with Crippen LogP contribution in [-0.4, -0.2) is 40.5 Å². The summed E-state index contributed by atoms with van der Waals surface area (Å²) in [5.41, 5.74) is -1.03. The van der Waals surface area contributed by atoms with E-state index in [0.717, 1.165) is 19.2 Å². The van der Waals surface area contributed by atoms with E-state index in [1.165, 1.54) is 12.8 Å². The summed E-state index contributed by atoms with van der Waals surface area (Å²) in [4.78, 5) is 9.25. The van der Waals surface area contributed by atoms with Gasteiger partial charge < -0.3 is 5.32 Å². The van der Waals surface area contributed by atoms with Crippen molar-refractivity contribution in [2.75, 3.05) is 25.0 Å². The Morgan fingerprint density at radius 3 is 2.60 bits per heavy atom. The minimum Gasteiger partial charge on any atom is -0.368 e. The van der Waals surface area contributed by atoms with Gasteiger partial charge in [0, 0.05) is 18.7 Å². The molecular formula is C12H16ClF3N4. The molecule has 2 heterocycles. The molecule has 1 aliphatic heterocycles. The van der Waals surface area contributed by atoms with Gasteiger partial charge in [-0.1, -0.05) is 0 Å². The predicted molar refractivity (Wildman–Crippen MR) is 70.8 cm³/mol. The molecule has 1 atom stereocenters. The van der Waals surface area contributed by atoms with E-state index >= 15 is 0 Å². The first-order valence-corrected chi connectivity index (χ1v) is 6.84. The molecule has 1 unspecified atom stereocenters. The summed E-state index contributed by atoms with van der Waals surface area (Å²) in [5, 5.41) is 2.49. The van der Waals surface area contributed by atoms with E-state index in [-0.39, 0.29) is 11.9 Å². The Morgan fingerprint density at radius 2 is 2.00 bits per heavy atom. The molecule has 0 bridgehead atoms. The molecule has 8 heteroatoms. The lowest BCUT2D eigenvalue weighted by molar-refractivity contribution is -0.141. The third-order valence-electron chi connectivity index (χ3n) is 3.33. The zero-order chi connectivity index (χ0) is 14.8. The highest BCUT2D eigenvalue weighted by atomic mass is 35.5. The molecule has 2 rings (SSSR count). The zero-order valence-corrected chi connectivity index (χ0v) is 11.8. The van der Waals surface area contributed by atoms with Crippen LogP contribution in [0.1, 0.15) is 25.5 Å². The monoisotopic (exact) mass is 308 g/mol. The van der Waals surface area contributed by atoms with Crippen molar-refractivity contribution in [2.45, 2.75) is 32.0 Å². The Kier molecular flexibility index (Phi) is 4.70. The third-order valence-corrected chi connectivity index (χ3v) is 3.50. The van der Waals surface area contributed by atoms with E-state index in [9.17, 15) is 13.2 Å². The van der Waals surface area contributed by atoms with Gasteiger partial charge >= 0.3 is 6.18 Å². The molecule has 0 spiro atoms. The molecule has 0 amide bonds. The molecule has 0 radical (unpaired) electrons. The van der Waals surface area contributed by atoms with E-state index in [4.69, 9.17) is 11.6 Å². The van der Waals surface area contributed by atoms with Gasteiger partial charge in [-0.15, -0.1) is 0 Å². The van der Waals surface area contributed by atoms with E-state index in [1.807, 2.05) is 6.92 Å². The predicted octanol–water partition coefficient (Wildman–Crippen LogP) is 3.05. The summed E-state index contributed by atoms with van der Waals surface area (Å²) in [6.07, 6.45) is -2.19. The number of nitrogens with one attached hydrogen (secondary N) is 1. The SMILES string of the molecule is CC(CNc1cc(C(F)(F)F)nc(Cl)n1)N1CCCC1. The Hall–Kier alpha value is -1.08. The van der Waals surface area contributed by atoms with Gasteiger partial charge in [0.1, 0.15) is 5.82 Å². The minimum atomic E-state index is -4.52. The van der Waals surface area contributed by atoms with Gasteiger partial charge in [0.2, 0.25) is 5.28 Å². The smallest absolute Gasteiger partial charge is 0.368 e. The molecule has 0 aromatic carbocycles. The Balaban J connectivity index is 2.00. The first kappa shape index (κ1) is 15.3. The molecule has 1 aliphatic rings. The summed E-state index contributed by atoms with van der Waals surface area (Å²) < 4.78 is 37.8. The lowest BCUT2D eigenvalue weighted by Gasteiger charge is -2.24. The van der Waals surface area contributed by atoms with Crippen molar-refractivity contribution in [3.05, 3.63) is 17.0 Å². The van der Waals surface area contributed by atoms with Crippen molar-refractivity contribution >= 4 is 17.4 Å². The second kappa shape index (κ2) is 6.13. The van der Waals surface area contributed by atoms with Crippen LogP contribution < -0.4 is 5.32 Å². The van der Waals surface area contributed by atoms with Crippen LogP contribution in [0.3, 0.4) is 0 Å². The van der Waals surface area contributed by atoms with Crippen LogP contribution >= 0.6 is 11.6 Å². The van der Waals surface area contributed by atoms with Crippen LogP contribution in [0, 0.1) is 0 Å². The van der Waals surface area contributed by atoms with Crippen LogP contribution in [0.4, 0.5) is 19.0 Å². The van der Waals surface area contributed by atoms with Crippen molar-refractivity contribution in [3.8, 4) is 0 Å². The third kappa shape index (κ3) is 3.96. The lowest BCUT2D eigenvalue weighted by atomic mass is 10.3. The van der Waals surface area contributed by atoms with Crippen LogP contribution in [0.15, 0.2) is 6.07 Å². The van der Waals surface area contributed by atoms with Gasteiger partial charge in [-0.05, 0) is 44.5 Å². The number of anilines is 1. The first-order chi connectivity index (χ1) is 9.36. The van der Waals surface area contributed by atoms with Gasteiger partial charge in [0.15, 0.2) is 5.69 Å². The fourth-order valence-corrected chi connectivity index (χ4v) is 2.40. The summed E-state index contributed by atoms with van der Waals surface area (Å²) >= 11 is 5.53. The van der Waals surface area contributed by atoms with Gasteiger partial charge in [-0.3, -0.25) is 4.90 Å². The number of hydrogen-bond donors (Lipinski definition) is 1. The fraction of sp³-hybridized carbons (Fsp3) is 0.667. The molecule has 20 heavy (non-hydrogen) atoms. The summed E-state index contributed by atoms with van der Waals surface area (Å²) in [6.45, 7) is 4.61. The lowest BCUT2D eigenvalue weighted by Crippen LogP contribution is -2.35. The van der Waals surface area contributed by atoms with Gasteiger partial charge in [0.05, 0.1) is 0 Å². The van der Waals surface area contributed by atoms with Crippen LogP contribution in [0.5, 0.6) is 0 Å². The van der Waals surface area contributed by atoms with Crippen molar-refractivity contribution < 1.29 is 13.2 Å². The molecule has 1 aromatic heterocycles.